The first-order valence-corrected chi connectivity index (χ1v) is 5.60. The van der Waals surface area contributed by atoms with Crippen molar-refractivity contribution in [3.05, 3.63) is 31.2 Å². The molecule has 0 bridgehead atoms. The van der Waals surface area contributed by atoms with E-state index < -0.39 is 4.92 Å². The molecule has 0 amide bonds. The second-order valence-corrected chi connectivity index (χ2v) is 4.61. The van der Waals surface area contributed by atoms with Gasteiger partial charge in [0.05, 0.1) is 9.62 Å². The molecule has 6 heteroatoms. The van der Waals surface area contributed by atoms with Gasteiger partial charge in [-0.25, -0.2) is 0 Å². The predicted molar refractivity (Wildman–Crippen MR) is 62.9 cm³/mol. The standard InChI is InChI=1S/C8H4INO3S/c9-7-5(10(12)13)2-1-4-6(11)3-14-8(4)7/h1-3,11H. The first kappa shape index (κ1) is 9.66. The lowest BCUT2D eigenvalue weighted by molar-refractivity contribution is -0.385. The van der Waals surface area contributed by atoms with Crippen LogP contribution in [0.3, 0.4) is 0 Å². The quantitative estimate of drug-likeness (QED) is 0.499. The van der Waals surface area contributed by atoms with Crippen molar-refractivity contribution in [3.8, 4) is 5.75 Å². The number of benzene rings is 1. The van der Waals surface area contributed by atoms with E-state index in [1.807, 2.05) is 22.6 Å². The van der Waals surface area contributed by atoms with Crippen LogP contribution in [-0.4, -0.2) is 10.0 Å². The molecule has 0 unspecified atom stereocenters. The Bertz CT molecular complexity index is 523. The zero-order valence-electron chi connectivity index (χ0n) is 6.73. The third-order valence-electron chi connectivity index (χ3n) is 1.84. The van der Waals surface area contributed by atoms with Crippen molar-refractivity contribution >= 4 is 49.7 Å². The predicted octanol–water partition coefficient (Wildman–Crippen LogP) is 3.12. The number of nitro groups is 1. The van der Waals surface area contributed by atoms with Crippen LogP contribution in [0.4, 0.5) is 5.69 Å². The minimum absolute atomic E-state index is 0.0833. The molecule has 0 saturated carbocycles. The van der Waals surface area contributed by atoms with Gasteiger partial charge in [-0.05, 0) is 28.7 Å². The van der Waals surface area contributed by atoms with E-state index in [2.05, 4.69) is 0 Å². The van der Waals surface area contributed by atoms with Crippen LogP contribution in [0.15, 0.2) is 17.5 Å². The number of aromatic hydroxyl groups is 1. The second kappa shape index (κ2) is 3.35. The first-order chi connectivity index (χ1) is 6.61. The number of thiophene rings is 1. The molecule has 0 radical (unpaired) electrons. The molecule has 0 atom stereocenters. The van der Waals surface area contributed by atoms with Gasteiger partial charge in [0.25, 0.3) is 5.69 Å². The maximum Gasteiger partial charge on any atom is 0.284 e. The van der Waals surface area contributed by atoms with Crippen molar-refractivity contribution in [1.29, 1.82) is 0 Å². The molecule has 2 aromatic rings. The van der Waals surface area contributed by atoms with Gasteiger partial charge in [0.15, 0.2) is 0 Å². The molecule has 1 heterocycles. The second-order valence-electron chi connectivity index (χ2n) is 2.65. The van der Waals surface area contributed by atoms with E-state index in [9.17, 15) is 15.2 Å². The maximum absolute atomic E-state index is 10.6. The molecule has 0 spiro atoms. The van der Waals surface area contributed by atoms with Gasteiger partial charge in [-0.15, -0.1) is 11.3 Å². The molecular weight excluding hydrogens is 317 g/mol. The SMILES string of the molecule is O=[N+]([O-])c1ccc2c(O)csc2c1I. The first-order valence-electron chi connectivity index (χ1n) is 3.64. The Kier molecular flexibility index (Phi) is 2.31. The van der Waals surface area contributed by atoms with E-state index in [4.69, 9.17) is 0 Å². The Morgan fingerprint density at radius 2 is 2.21 bits per heavy atom. The van der Waals surface area contributed by atoms with E-state index in [0.717, 1.165) is 4.70 Å². The van der Waals surface area contributed by atoms with Crippen LogP contribution in [0.25, 0.3) is 10.1 Å². The Balaban J connectivity index is 2.82. The highest BCUT2D eigenvalue weighted by Gasteiger charge is 2.16. The van der Waals surface area contributed by atoms with E-state index in [0.29, 0.717) is 8.96 Å². The average molecular weight is 321 g/mol. The van der Waals surface area contributed by atoms with Crippen molar-refractivity contribution < 1.29 is 10.0 Å². The summed E-state index contributed by atoms with van der Waals surface area (Å²) in [6.45, 7) is 0. The van der Waals surface area contributed by atoms with Crippen molar-refractivity contribution in [2.75, 3.05) is 0 Å². The van der Waals surface area contributed by atoms with Crippen molar-refractivity contribution in [1.82, 2.24) is 0 Å². The van der Waals surface area contributed by atoms with Gasteiger partial charge >= 0.3 is 0 Å². The van der Waals surface area contributed by atoms with Gasteiger partial charge in [-0.3, -0.25) is 10.1 Å². The van der Waals surface area contributed by atoms with Gasteiger partial charge in [0, 0.05) is 16.8 Å². The molecule has 0 fully saturated rings. The zero-order valence-corrected chi connectivity index (χ0v) is 9.70. The minimum Gasteiger partial charge on any atom is -0.506 e. The molecule has 0 saturated heterocycles. The fourth-order valence-electron chi connectivity index (χ4n) is 1.18. The molecule has 4 nitrogen and oxygen atoms in total. The molecule has 14 heavy (non-hydrogen) atoms. The number of hydrogen-bond donors (Lipinski definition) is 1. The summed E-state index contributed by atoms with van der Waals surface area (Å²) in [7, 11) is 0. The summed E-state index contributed by atoms with van der Waals surface area (Å²) < 4.78 is 1.34. The number of fused-ring (bicyclic) bond motifs is 1. The summed E-state index contributed by atoms with van der Waals surface area (Å²) in [6.07, 6.45) is 0. The summed E-state index contributed by atoms with van der Waals surface area (Å²) in [4.78, 5) is 10.2. The van der Waals surface area contributed by atoms with Gasteiger partial charge in [-0.1, -0.05) is 0 Å². The third kappa shape index (κ3) is 1.34. The molecule has 72 valence electrons. The molecule has 0 aliphatic carbocycles. The van der Waals surface area contributed by atoms with Gasteiger partial charge in [0.1, 0.15) is 9.32 Å². The molecule has 1 N–H and O–H groups in total. The number of nitro benzene ring substituents is 1. The summed E-state index contributed by atoms with van der Waals surface area (Å²) in [5, 5.41) is 22.3. The van der Waals surface area contributed by atoms with Crippen LogP contribution >= 0.6 is 33.9 Å². The van der Waals surface area contributed by atoms with Crippen LogP contribution in [0.1, 0.15) is 0 Å². The maximum atomic E-state index is 10.6. The number of hydrogen-bond acceptors (Lipinski definition) is 4. The Morgan fingerprint density at radius 1 is 1.50 bits per heavy atom. The van der Waals surface area contributed by atoms with Crippen LogP contribution in [0.5, 0.6) is 5.75 Å². The largest absolute Gasteiger partial charge is 0.506 e. The summed E-state index contributed by atoms with van der Waals surface area (Å²) in [5.41, 5.74) is 0.0833. The fourth-order valence-corrected chi connectivity index (χ4v) is 3.09. The van der Waals surface area contributed by atoms with E-state index in [1.54, 1.807) is 11.4 Å². The Morgan fingerprint density at radius 3 is 2.86 bits per heavy atom. The van der Waals surface area contributed by atoms with E-state index >= 15 is 0 Å². The lowest BCUT2D eigenvalue weighted by Crippen LogP contribution is -1.90. The molecule has 1 aromatic heterocycles. The Hall–Kier alpha value is -0.890. The van der Waals surface area contributed by atoms with Crippen LogP contribution in [0, 0.1) is 13.7 Å². The number of halogens is 1. The van der Waals surface area contributed by atoms with Crippen molar-refractivity contribution in [2.45, 2.75) is 0 Å². The molecule has 2 rings (SSSR count). The highest BCUT2D eigenvalue weighted by atomic mass is 127. The number of nitrogens with zero attached hydrogens (tertiary/aromatic N) is 1. The zero-order chi connectivity index (χ0) is 10.3. The van der Waals surface area contributed by atoms with Crippen LogP contribution < -0.4 is 0 Å². The monoisotopic (exact) mass is 321 g/mol. The average Bonchev–Trinajstić information content (AvgIpc) is 2.49. The fraction of sp³-hybridized carbons (Fsp3) is 0. The highest BCUT2D eigenvalue weighted by Crippen LogP contribution is 2.38. The van der Waals surface area contributed by atoms with Gasteiger partial charge in [0.2, 0.25) is 0 Å². The topological polar surface area (TPSA) is 63.4 Å². The van der Waals surface area contributed by atoms with Crippen LogP contribution in [0.2, 0.25) is 0 Å². The normalized spacial score (nSPS) is 10.6. The van der Waals surface area contributed by atoms with Gasteiger partial charge < -0.3 is 5.11 Å². The lowest BCUT2D eigenvalue weighted by atomic mass is 10.2. The number of rotatable bonds is 1. The van der Waals surface area contributed by atoms with Crippen molar-refractivity contribution in [2.24, 2.45) is 0 Å². The van der Waals surface area contributed by atoms with Crippen LogP contribution in [-0.2, 0) is 0 Å². The van der Waals surface area contributed by atoms with E-state index in [-0.39, 0.29) is 11.4 Å². The Labute approximate surface area is 96.5 Å². The summed E-state index contributed by atoms with van der Waals surface area (Å²) in [5.74, 6) is 0.179. The molecule has 1 aromatic carbocycles. The van der Waals surface area contributed by atoms with Crippen molar-refractivity contribution in [3.63, 3.8) is 0 Å². The summed E-state index contributed by atoms with van der Waals surface area (Å²) in [6, 6.07) is 2.98. The summed E-state index contributed by atoms with van der Waals surface area (Å²) >= 11 is 3.24. The lowest BCUT2D eigenvalue weighted by Gasteiger charge is -1.96. The third-order valence-corrected chi connectivity index (χ3v) is 4.30. The minimum atomic E-state index is -0.419. The molecule has 0 aliphatic heterocycles. The molecule has 0 aliphatic rings. The smallest absolute Gasteiger partial charge is 0.284 e. The highest BCUT2D eigenvalue weighted by molar-refractivity contribution is 14.1. The van der Waals surface area contributed by atoms with Gasteiger partial charge in [-0.2, -0.15) is 0 Å². The van der Waals surface area contributed by atoms with E-state index in [1.165, 1.54) is 17.4 Å². The molecular formula is C8H4INO3S.